The van der Waals surface area contributed by atoms with Crippen LogP contribution in [0.25, 0.3) is 0 Å². The van der Waals surface area contributed by atoms with Gasteiger partial charge < -0.3 is 4.74 Å². The van der Waals surface area contributed by atoms with Crippen molar-refractivity contribution in [3.63, 3.8) is 0 Å². The average Bonchev–Trinajstić information content (AvgIpc) is 2.36. The molecule has 0 aliphatic carbocycles. The molecular formula is C13H8Cl2F3NO. The smallest absolute Gasteiger partial charge is 0.416 e. The highest BCUT2D eigenvalue weighted by molar-refractivity contribution is 6.30. The number of ether oxygens (including phenoxy) is 1. The van der Waals surface area contributed by atoms with E-state index < -0.39 is 11.7 Å². The fraction of sp³-hybridized carbons (Fsp3) is 0.154. The van der Waals surface area contributed by atoms with Crippen LogP contribution in [-0.4, -0.2) is 4.98 Å². The van der Waals surface area contributed by atoms with E-state index in [1.807, 2.05) is 0 Å². The molecule has 0 unspecified atom stereocenters. The SMILES string of the molecule is FC(F)(F)c1cc(Cl)nc(OCc2ccc(Cl)cc2)c1. The molecule has 0 spiro atoms. The third-order valence-electron chi connectivity index (χ3n) is 2.40. The van der Waals surface area contributed by atoms with Gasteiger partial charge >= 0.3 is 6.18 Å². The van der Waals surface area contributed by atoms with Crippen LogP contribution in [0.3, 0.4) is 0 Å². The fourth-order valence-electron chi connectivity index (χ4n) is 1.45. The third kappa shape index (κ3) is 4.02. The minimum atomic E-state index is -4.50. The Morgan fingerprint density at radius 3 is 2.30 bits per heavy atom. The minimum Gasteiger partial charge on any atom is -0.473 e. The van der Waals surface area contributed by atoms with E-state index in [2.05, 4.69) is 4.98 Å². The van der Waals surface area contributed by atoms with E-state index in [4.69, 9.17) is 27.9 Å². The van der Waals surface area contributed by atoms with E-state index in [1.165, 1.54) is 0 Å². The minimum absolute atomic E-state index is 0.0712. The Kier molecular flexibility index (Phi) is 4.40. The highest BCUT2D eigenvalue weighted by atomic mass is 35.5. The van der Waals surface area contributed by atoms with Gasteiger partial charge in [-0.15, -0.1) is 0 Å². The van der Waals surface area contributed by atoms with Crippen molar-refractivity contribution in [1.82, 2.24) is 4.98 Å². The lowest BCUT2D eigenvalue weighted by atomic mass is 10.2. The number of hydrogen-bond donors (Lipinski definition) is 0. The summed E-state index contributed by atoms with van der Waals surface area (Å²) in [5, 5.41) is 0.292. The fourth-order valence-corrected chi connectivity index (χ4v) is 1.78. The third-order valence-corrected chi connectivity index (χ3v) is 2.84. The number of nitrogens with zero attached hydrogens (tertiary/aromatic N) is 1. The molecule has 2 rings (SSSR count). The molecular weight excluding hydrogens is 314 g/mol. The highest BCUT2D eigenvalue weighted by Gasteiger charge is 2.31. The van der Waals surface area contributed by atoms with E-state index in [9.17, 15) is 13.2 Å². The molecule has 2 nitrogen and oxygen atoms in total. The summed E-state index contributed by atoms with van der Waals surface area (Å²) in [5.74, 6) is -0.181. The second-order valence-corrected chi connectivity index (χ2v) is 4.75. The standard InChI is InChI=1S/C13H8Cl2F3NO/c14-10-3-1-8(2-4-10)7-20-12-6-9(13(16,17)18)5-11(15)19-12/h1-6H,7H2. The van der Waals surface area contributed by atoms with Crippen LogP contribution in [0.15, 0.2) is 36.4 Å². The van der Waals surface area contributed by atoms with Crippen molar-refractivity contribution in [2.75, 3.05) is 0 Å². The Balaban J connectivity index is 2.13. The van der Waals surface area contributed by atoms with E-state index >= 15 is 0 Å². The molecule has 0 fully saturated rings. The number of rotatable bonds is 3. The van der Waals surface area contributed by atoms with Gasteiger partial charge in [0.25, 0.3) is 0 Å². The molecule has 1 aromatic heterocycles. The molecule has 0 saturated carbocycles. The molecule has 0 atom stereocenters. The van der Waals surface area contributed by atoms with Crippen LogP contribution in [0.2, 0.25) is 10.2 Å². The molecule has 0 N–H and O–H groups in total. The van der Waals surface area contributed by atoms with Crippen LogP contribution in [0.4, 0.5) is 13.2 Å². The van der Waals surface area contributed by atoms with Gasteiger partial charge in [0.15, 0.2) is 0 Å². The second-order valence-electron chi connectivity index (χ2n) is 3.93. The number of hydrogen-bond acceptors (Lipinski definition) is 2. The number of aromatic nitrogens is 1. The highest BCUT2D eigenvalue weighted by Crippen LogP contribution is 2.32. The molecule has 0 saturated heterocycles. The molecule has 0 aliphatic heterocycles. The molecule has 7 heteroatoms. The summed E-state index contributed by atoms with van der Waals surface area (Å²) in [6.45, 7) is 0.0712. The summed E-state index contributed by atoms with van der Waals surface area (Å²) in [7, 11) is 0. The zero-order chi connectivity index (χ0) is 14.8. The van der Waals surface area contributed by atoms with Crippen LogP contribution in [0.1, 0.15) is 11.1 Å². The van der Waals surface area contributed by atoms with Gasteiger partial charge in [0, 0.05) is 11.1 Å². The maximum Gasteiger partial charge on any atom is 0.416 e. The first-order valence-electron chi connectivity index (χ1n) is 5.46. The molecule has 0 radical (unpaired) electrons. The van der Waals surface area contributed by atoms with Crippen molar-refractivity contribution in [2.24, 2.45) is 0 Å². The number of pyridine rings is 1. The average molecular weight is 322 g/mol. The molecule has 2 aromatic rings. The van der Waals surface area contributed by atoms with Crippen molar-refractivity contribution in [2.45, 2.75) is 12.8 Å². The Morgan fingerprint density at radius 1 is 1.05 bits per heavy atom. The molecule has 20 heavy (non-hydrogen) atoms. The van der Waals surface area contributed by atoms with Gasteiger partial charge in [0.2, 0.25) is 5.88 Å². The number of alkyl halides is 3. The summed E-state index contributed by atoms with van der Waals surface area (Å²) in [4.78, 5) is 3.70. The first kappa shape index (κ1) is 14.9. The van der Waals surface area contributed by atoms with Gasteiger partial charge in [-0.05, 0) is 23.8 Å². The zero-order valence-electron chi connectivity index (χ0n) is 9.92. The van der Waals surface area contributed by atoms with Crippen molar-refractivity contribution in [1.29, 1.82) is 0 Å². The van der Waals surface area contributed by atoms with Gasteiger partial charge in [-0.25, -0.2) is 4.98 Å². The first-order chi connectivity index (χ1) is 9.34. The lowest BCUT2D eigenvalue weighted by Crippen LogP contribution is -2.06. The maximum absolute atomic E-state index is 12.6. The summed E-state index contributed by atoms with van der Waals surface area (Å²) in [6.07, 6.45) is -4.50. The number of halogens is 5. The Labute approximate surface area is 123 Å². The second kappa shape index (κ2) is 5.89. The molecule has 0 aliphatic rings. The monoisotopic (exact) mass is 321 g/mol. The predicted molar refractivity (Wildman–Crippen MR) is 70.0 cm³/mol. The van der Waals surface area contributed by atoms with Gasteiger partial charge in [0.1, 0.15) is 11.8 Å². The normalized spacial score (nSPS) is 11.4. The lowest BCUT2D eigenvalue weighted by molar-refractivity contribution is -0.137. The predicted octanol–water partition coefficient (Wildman–Crippen LogP) is 4.99. The first-order valence-corrected chi connectivity index (χ1v) is 6.22. The Bertz CT molecular complexity index is 600. The van der Waals surface area contributed by atoms with Crippen LogP contribution >= 0.6 is 23.2 Å². The van der Waals surface area contributed by atoms with Crippen molar-refractivity contribution in [3.05, 3.63) is 57.7 Å². The summed E-state index contributed by atoms with van der Waals surface area (Å²) in [5.41, 5.74) is -0.145. The van der Waals surface area contributed by atoms with Gasteiger partial charge in [0.05, 0.1) is 5.56 Å². The van der Waals surface area contributed by atoms with Crippen LogP contribution in [0.5, 0.6) is 5.88 Å². The maximum atomic E-state index is 12.6. The van der Waals surface area contributed by atoms with Crippen molar-refractivity contribution < 1.29 is 17.9 Å². The van der Waals surface area contributed by atoms with Gasteiger partial charge in [-0.1, -0.05) is 35.3 Å². The van der Waals surface area contributed by atoms with E-state index in [-0.39, 0.29) is 17.6 Å². The largest absolute Gasteiger partial charge is 0.473 e. The topological polar surface area (TPSA) is 22.1 Å². The van der Waals surface area contributed by atoms with Gasteiger partial charge in [-0.2, -0.15) is 13.2 Å². The van der Waals surface area contributed by atoms with E-state index in [1.54, 1.807) is 24.3 Å². The van der Waals surface area contributed by atoms with E-state index in [0.29, 0.717) is 5.02 Å². The Hall–Kier alpha value is -1.46. The van der Waals surface area contributed by atoms with Crippen LogP contribution < -0.4 is 4.74 Å². The Morgan fingerprint density at radius 2 is 1.70 bits per heavy atom. The van der Waals surface area contributed by atoms with Crippen LogP contribution in [-0.2, 0) is 12.8 Å². The number of benzene rings is 1. The quantitative estimate of drug-likeness (QED) is 0.743. The molecule has 0 amide bonds. The molecule has 1 heterocycles. The lowest BCUT2D eigenvalue weighted by Gasteiger charge is -2.10. The van der Waals surface area contributed by atoms with E-state index in [0.717, 1.165) is 17.7 Å². The zero-order valence-corrected chi connectivity index (χ0v) is 11.4. The van der Waals surface area contributed by atoms with Crippen molar-refractivity contribution in [3.8, 4) is 5.88 Å². The van der Waals surface area contributed by atoms with Crippen molar-refractivity contribution >= 4 is 23.2 Å². The molecule has 0 bridgehead atoms. The summed E-state index contributed by atoms with van der Waals surface area (Å²) < 4.78 is 43.0. The summed E-state index contributed by atoms with van der Waals surface area (Å²) >= 11 is 11.3. The van der Waals surface area contributed by atoms with Crippen LogP contribution in [0, 0.1) is 0 Å². The molecule has 106 valence electrons. The summed E-state index contributed by atoms with van der Waals surface area (Å²) in [6, 6.07) is 8.28. The molecule has 1 aromatic carbocycles. The van der Waals surface area contributed by atoms with Gasteiger partial charge in [-0.3, -0.25) is 0 Å².